The van der Waals surface area contributed by atoms with Gasteiger partial charge < -0.3 is 10.6 Å². The third-order valence-electron chi connectivity index (χ3n) is 4.20. The summed E-state index contributed by atoms with van der Waals surface area (Å²) in [4.78, 5) is 13.3. The van der Waals surface area contributed by atoms with Crippen molar-refractivity contribution >= 4 is 57.0 Å². The highest BCUT2D eigenvalue weighted by atomic mass is 35.6. The summed E-state index contributed by atoms with van der Waals surface area (Å²) < 4.78 is -1.72. The van der Waals surface area contributed by atoms with Crippen LogP contribution in [0.15, 0.2) is 0 Å². The fourth-order valence-corrected chi connectivity index (χ4v) is 4.48. The van der Waals surface area contributed by atoms with Gasteiger partial charge in [-0.3, -0.25) is 4.79 Å². The first-order valence-corrected chi connectivity index (χ1v) is 10.5. The molecule has 8 heteroatoms. The molecule has 1 unspecified atom stereocenters. The van der Waals surface area contributed by atoms with Gasteiger partial charge in [0, 0.05) is 11.3 Å². The molecule has 1 atom stereocenters. The second-order valence-electron chi connectivity index (χ2n) is 6.17. The Labute approximate surface area is 167 Å². The number of amides is 1. The first kappa shape index (κ1) is 20.6. The monoisotopic (exact) mass is 421 g/mol. The summed E-state index contributed by atoms with van der Waals surface area (Å²) in [7, 11) is 0. The number of nitriles is 1. The topological polar surface area (TPSA) is 64.9 Å². The molecule has 25 heavy (non-hydrogen) atoms. The molecule has 0 radical (unpaired) electrons. The van der Waals surface area contributed by atoms with Crippen LogP contribution in [0.1, 0.15) is 61.5 Å². The van der Waals surface area contributed by atoms with Gasteiger partial charge in [0.2, 0.25) is 9.70 Å². The number of hydrogen-bond donors (Lipinski definition) is 2. The molecule has 138 valence electrons. The van der Waals surface area contributed by atoms with Gasteiger partial charge in [-0.25, -0.2) is 0 Å². The van der Waals surface area contributed by atoms with E-state index in [-0.39, 0.29) is 5.91 Å². The van der Waals surface area contributed by atoms with Crippen LogP contribution in [0, 0.1) is 11.3 Å². The molecule has 0 aliphatic heterocycles. The van der Waals surface area contributed by atoms with Gasteiger partial charge in [0.15, 0.2) is 0 Å². The van der Waals surface area contributed by atoms with Gasteiger partial charge in [-0.1, -0.05) is 54.6 Å². The van der Waals surface area contributed by atoms with Crippen molar-refractivity contribution in [2.75, 3.05) is 5.32 Å². The maximum atomic E-state index is 12.1. The molecule has 1 amide bonds. The number of alkyl halides is 3. The van der Waals surface area contributed by atoms with Crippen molar-refractivity contribution in [2.24, 2.45) is 0 Å². The molecular formula is C17H22Cl3N3OS. The number of carbonyl (C=O) groups excluding carboxylic acids is 1. The second-order valence-corrected chi connectivity index (χ2v) is 9.64. The first-order chi connectivity index (χ1) is 11.9. The van der Waals surface area contributed by atoms with Crippen LogP contribution in [-0.4, -0.2) is 15.9 Å². The summed E-state index contributed by atoms with van der Waals surface area (Å²) in [5.74, 6) is -0.169. The highest BCUT2D eigenvalue weighted by Crippen LogP contribution is 2.40. The molecule has 2 rings (SSSR count). The number of nitrogens with zero attached hydrogens (tertiary/aromatic N) is 1. The van der Waals surface area contributed by atoms with E-state index >= 15 is 0 Å². The fraction of sp³-hybridized carbons (Fsp3) is 0.647. The van der Waals surface area contributed by atoms with Gasteiger partial charge in [0.25, 0.3) is 0 Å². The standard InChI is InChI=1S/C17H22Cl3N3OS/c1-2-3-4-9-14(24)22-16(17(18,19)20)23-15-12(10-21)11-7-5-6-8-13(11)25-15/h16,23H,2-9H2,1H3,(H,22,24). The van der Waals surface area contributed by atoms with E-state index in [2.05, 4.69) is 23.6 Å². The third kappa shape index (κ3) is 5.65. The summed E-state index contributed by atoms with van der Waals surface area (Å²) in [5.41, 5.74) is 1.71. The molecule has 0 aromatic carbocycles. The SMILES string of the molecule is CCCCCC(=O)NC(Nc1sc2c(c1C#N)CCCC2)C(Cl)(Cl)Cl. The zero-order valence-corrected chi connectivity index (χ0v) is 17.2. The van der Waals surface area contributed by atoms with Gasteiger partial charge in [-0.2, -0.15) is 5.26 Å². The van der Waals surface area contributed by atoms with Gasteiger partial charge in [0.05, 0.1) is 5.56 Å². The number of thiophene rings is 1. The molecular weight excluding hydrogens is 401 g/mol. The van der Waals surface area contributed by atoms with Crippen molar-refractivity contribution in [3.05, 3.63) is 16.0 Å². The lowest BCUT2D eigenvalue weighted by Gasteiger charge is -2.27. The molecule has 0 fully saturated rings. The summed E-state index contributed by atoms with van der Waals surface area (Å²) in [6.07, 6.45) is 6.39. The summed E-state index contributed by atoms with van der Waals surface area (Å²) in [6.45, 7) is 2.07. The summed E-state index contributed by atoms with van der Waals surface area (Å²) in [6, 6.07) is 2.26. The largest absolute Gasteiger partial charge is 0.352 e. The maximum Gasteiger partial charge on any atom is 0.228 e. The van der Waals surface area contributed by atoms with Crippen LogP contribution < -0.4 is 10.6 Å². The van der Waals surface area contributed by atoms with Gasteiger partial charge in [-0.15, -0.1) is 11.3 Å². The van der Waals surface area contributed by atoms with Crippen LogP contribution in [0.25, 0.3) is 0 Å². The van der Waals surface area contributed by atoms with Crippen molar-refractivity contribution in [3.63, 3.8) is 0 Å². The van der Waals surface area contributed by atoms with E-state index in [1.54, 1.807) is 0 Å². The smallest absolute Gasteiger partial charge is 0.228 e. The highest BCUT2D eigenvalue weighted by molar-refractivity contribution is 7.16. The second kappa shape index (κ2) is 9.32. The summed E-state index contributed by atoms with van der Waals surface area (Å²) in [5, 5.41) is 16.0. The number of anilines is 1. The number of halogens is 3. The molecule has 0 saturated carbocycles. The van der Waals surface area contributed by atoms with Gasteiger partial charge in [0.1, 0.15) is 17.2 Å². The molecule has 1 aliphatic carbocycles. The first-order valence-electron chi connectivity index (χ1n) is 8.54. The minimum Gasteiger partial charge on any atom is -0.352 e. The average Bonchev–Trinajstić information content (AvgIpc) is 2.90. The molecule has 1 heterocycles. The number of carbonyl (C=O) groups is 1. The van der Waals surface area contributed by atoms with E-state index in [9.17, 15) is 10.1 Å². The number of fused-ring (bicyclic) bond motifs is 1. The Bertz CT molecular complexity index is 649. The number of unbranched alkanes of at least 4 members (excludes halogenated alkanes) is 2. The molecule has 0 spiro atoms. The van der Waals surface area contributed by atoms with Crippen LogP contribution in [0.5, 0.6) is 0 Å². The van der Waals surface area contributed by atoms with E-state index in [1.165, 1.54) is 16.2 Å². The zero-order valence-electron chi connectivity index (χ0n) is 14.1. The Morgan fingerprint density at radius 2 is 2.04 bits per heavy atom. The lowest BCUT2D eigenvalue weighted by molar-refractivity contribution is -0.121. The lowest BCUT2D eigenvalue weighted by atomic mass is 9.96. The Balaban J connectivity index is 2.14. The van der Waals surface area contributed by atoms with Gasteiger partial charge >= 0.3 is 0 Å². The van der Waals surface area contributed by atoms with Crippen LogP contribution in [0.3, 0.4) is 0 Å². The molecule has 0 saturated heterocycles. The van der Waals surface area contributed by atoms with E-state index in [1.807, 2.05) is 0 Å². The Kier molecular flexibility index (Phi) is 7.69. The van der Waals surface area contributed by atoms with E-state index in [4.69, 9.17) is 34.8 Å². The van der Waals surface area contributed by atoms with Crippen LogP contribution in [0.2, 0.25) is 0 Å². The predicted molar refractivity (Wildman–Crippen MR) is 106 cm³/mol. The van der Waals surface area contributed by atoms with Crippen LogP contribution in [-0.2, 0) is 17.6 Å². The van der Waals surface area contributed by atoms with Crippen molar-refractivity contribution in [2.45, 2.75) is 68.2 Å². The van der Waals surface area contributed by atoms with E-state index in [0.29, 0.717) is 17.0 Å². The van der Waals surface area contributed by atoms with Crippen LogP contribution >= 0.6 is 46.1 Å². The molecule has 1 aliphatic rings. The highest BCUT2D eigenvalue weighted by Gasteiger charge is 2.35. The number of rotatable bonds is 7. The summed E-state index contributed by atoms with van der Waals surface area (Å²) >= 11 is 19.7. The van der Waals surface area contributed by atoms with Crippen molar-refractivity contribution in [1.29, 1.82) is 5.26 Å². The lowest BCUT2D eigenvalue weighted by Crippen LogP contribution is -2.49. The minimum atomic E-state index is -1.72. The Morgan fingerprint density at radius 1 is 1.32 bits per heavy atom. The van der Waals surface area contributed by atoms with E-state index < -0.39 is 9.96 Å². The average molecular weight is 423 g/mol. The Morgan fingerprint density at radius 3 is 2.68 bits per heavy atom. The molecule has 0 bridgehead atoms. The Hall–Kier alpha value is -0.670. The molecule has 1 aromatic heterocycles. The van der Waals surface area contributed by atoms with Crippen molar-refractivity contribution < 1.29 is 4.79 Å². The van der Waals surface area contributed by atoms with Gasteiger partial charge in [-0.05, 0) is 37.7 Å². The molecule has 1 aromatic rings. The number of nitrogens with one attached hydrogen (secondary N) is 2. The van der Waals surface area contributed by atoms with Crippen LogP contribution in [0.4, 0.5) is 5.00 Å². The predicted octanol–water partition coefficient (Wildman–Crippen LogP) is 5.30. The maximum absolute atomic E-state index is 12.1. The quantitative estimate of drug-likeness (QED) is 0.356. The molecule has 2 N–H and O–H groups in total. The van der Waals surface area contributed by atoms with E-state index in [0.717, 1.165) is 50.5 Å². The minimum absolute atomic E-state index is 0.169. The number of aryl methyl sites for hydroxylation is 1. The zero-order chi connectivity index (χ0) is 18.4. The van der Waals surface area contributed by atoms with Crippen molar-refractivity contribution in [3.8, 4) is 6.07 Å². The van der Waals surface area contributed by atoms with Crippen molar-refractivity contribution in [1.82, 2.24) is 5.32 Å². The molecule has 4 nitrogen and oxygen atoms in total. The fourth-order valence-electron chi connectivity index (χ4n) is 2.89. The number of hydrogen-bond acceptors (Lipinski definition) is 4. The normalized spacial score (nSPS) is 15.2. The third-order valence-corrected chi connectivity index (χ3v) is 6.08.